The third kappa shape index (κ3) is 2.58. The lowest BCUT2D eigenvalue weighted by atomic mass is 9.91. The second-order valence-corrected chi connectivity index (χ2v) is 5.89. The Morgan fingerprint density at radius 2 is 1.94 bits per heavy atom. The predicted molar refractivity (Wildman–Crippen MR) is 66.1 cm³/mol. The average molecular weight is 226 g/mol. The summed E-state index contributed by atoms with van der Waals surface area (Å²) < 4.78 is 0. The normalized spacial score (nSPS) is 36.0. The van der Waals surface area contributed by atoms with Crippen LogP contribution in [-0.2, 0) is 0 Å². The van der Waals surface area contributed by atoms with Crippen LogP contribution >= 0.6 is 0 Å². The van der Waals surface area contributed by atoms with E-state index in [-0.39, 0.29) is 18.7 Å². The molecule has 3 nitrogen and oxygen atoms in total. The van der Waals surface area contributed by atoms with Crippen molar-refractivity contribution in [1.82, 2.24) is 4.90 Å². The standard InChI is InChI=1S/C13H26N2O/c1-9-3-4-10(2)15(7-9)12(8-16)13(14)11-5-6-11/h9-13,16H,3-8,14H2,1-2H3. The number of nitrogens with zero attached hydrogens (tertiary/aromatic N) is 1. The molecule has 4 unspecified atom stereocenters. The molecule has 94 valence electrons. The van der Waals surface area contributed by atoms with E-state index < -0.39 is 0 Å². The molecule has 3 heteroatoms. The molecule has 0 aromatic carbocycles. The first-order valence-electron chi connectivity index (χ1n) is 6.75. The monoisotopic (exact) mass is 226 g/mol. The Morgan fingerprint density at radius 3 is 2.50 bits per heavy atom. The zero-order valence-electron chi connectivity index (χ0n) is 10.6. The molecule has 4 atom stereocenters. The van der Waals surface area contributed by atoms with E-state index in [1.807, 2.05) is 0 Å². The summed E-state index contributed by atoms with van der Waals surface area (Å²) in [4.78, 5) is 2.46. The highest BCUT2D eigenvalue weighted by atomic mass is 16.3. The number of nitrogens with two attached hydrogens (primary N) is 1. The second kappa shape index (κ2) is 5.03. The smallest absolute Gasteiger partial charge is 0.0602 e. The largest absolute Gasteiger partial charge is 0.395 e. The molecule has 1 saturated carbocycles. The third-order valence-corrected chi connectivity index (χ3v) is 4.39. The van der Waals surface area contributed by atoms with E-state index in [0.717, 1.165) is 12.5 Å². The lowest BCUT2D eigenvalue weighted by Gasteiger charge is -2.43. The van der Waals surface area contributed by atoms with Gasteiger partial charge in [0.25, 0.3) is 0 Å². The lowest BCUT2D eigenvalue weighted by Crippen LogP contribution is -2.56. The van der Waals surface area contributed by atoms with Gasteiger partial charge in [-0.2, -0.15) is 0 Å². The van der Waals surface area contributed by atoms with Crippen molar-refractivity contribution in [3.8, 4) is 0 Å². The fourth-order valence-electron chi connectivity index (χ4n) is 3.03. The molecule has 2 aliphatic rings. The molecule has 3 N–H and O–H groups in total. The molecule has 1 saturated heterocycles. The zero-order chi connectivity index (χ0) is 11.7. The van der Waals surface area contributed by atoms with Gasteiger partial charge in [-0.1, -0.05) is 6.92 Å². The Morgan fingerprint density at radius 1 is 1.25 bits per heavy atom. The van der Waals surface area contributed by atoms with Crippen molar-refractivity contribution in [2.24, 2.45) is 17.6 Å². The Labute approximate surface area is 99.0 Å². The van der Waals surface area contributed by atoms with E-state index in [1.54, 1.807) is 0 Å². The molecule has 1 heterocycles. The van der Waals surface area contributed by atoms with E-state index in [4.69, 9.17) is 5.73 Å². The first kappa shape index (κ1) is 12.3. The van der Waals surface area contributed by atoms with Crippen LogP contribution < -0.4 is 5.73 Å². The van der Waals surface area contributed by atoms with Crippen LogP contribution in [0.25, 0.3) is 0 Å². The van der Waals surface area contributed by atoms with Crippen molar-refractivity contribution < 1.29 is 5.11 Å². The van der Waals surface area contributed by atoms with Crippen molar-refractivity contribution in [3.05, 3.63) is 0 Å². The van der Waals surface area contributed by atoms with Gasteiger partial charge in [0.2, 0.25) is 0 Å². The van der Waals surface area contributed by atoms with Crippen molar-refractivity contribution in [1.29, 1.82) is 0 Å². The summed E-state index contributed by atoms with van der Waals surface area (Å²) >= 11 is 0. The number of aliphatic hydroxyl groups is 1. The molecule has 2 fully saturated rings. The summed E-state index contributed by atoms with van der Waals surface area (Å²) in [7, 11) is 0. The summed E-state index contributed by atoms with van der Waals surface area (Å²) in [6, 6.07) is 0.946. The van der Waals surface area contributed by atoms with Gasteiger partial charge in [-0.05, 0) is 44.4 Å². The highest BCUT2D eigenvalue weighted by Gasteiger charge is 2.39. The highest BCUT2D eigenvalue weighted by Crippen LogP contribution is 2.35. The number of aliphatic hydroxyl groups excluding tert-OH is 1. The summed E-state index contributed by atoms with van der Waals surface area (Å²) in [5.74, 6) is 1.42. The maximum Gasteiger partial charge on any atom is 0.0602 e. The minimum absolute atomic E-state index is 0.178. The highest BCUT2D eigenvalue weighted by molar-refractivity contribution is 4.95. The van der Waals surface area contributed by atoms with Crippen molar-refractivity contribution in [3.63, 3.8) is 0 Å². The van der Waals surface area contributed by atoms with Crippen LogP contribution in [0.1, 0.15) is 39.5 Å². The Kier molecular flexibility index (Phi) is 3.88. The predicted octanol–water partition coefficient (Wildman–Crippen LogP) is 1.21. The van der Waals surface area contributed by atoms with Gasteiger partial charge in [0.15, 0.2) is 0 Å². The summed E-state index contributed by atoms with van der Waals surface area (Å²) in [6.07, 6.45) is 5.08. The van der Waals surface area contributed by atoms with Crippen molar-refractivity contribution in [2.75, 3.05) is 13.2 Å². The van der Waals surface area contributed by atoms with Crippen LogP contribution in [0.15, 0.2) is 0 Å². The molecule has 0 aromatic rings. The van der Waals surface area contributed by atoms with Gasteiger partial charge < -0.3 is 10.8 Å². The van der Waals surface area contributed by atoms with Crippen molar-refractivity contribution in [2.45, 2.75) is 57.7 Å². The number of hydrogen-bond donors (Lipinski definition) is 2. The summed E-state index contributed by atoms with van der Waals surface area (Å²) in [5, 5.41) is 9.61. The number of hydrogen-bond acceptors (Lipinski definition) is 3. The Balaban J connectivity index is 2.00. The summed E-state index contributed by atoms with van der Waals surface area (Å²) in [5.41, 5.74) is 6.27. The topological polar surface area (TPSA) is 49.5 Å². The average Bonchev–Trinajstić information content (AvgIpc) is 3.07. The maximum absolute atomic E-state index is 9.61. The van der Waals surface area contributed by atoms with Crippen LogP contribution in [0.4, 0.5) is 0 Å². The van der Waals surface area contributed by atoms with Crippen LogP contribution in [0.3, 0.4) is 0 Å². The van der Waals surface area contributed by atoms with Crippen molar-refractivity contribution >= 4 is 0 Å². The minimum atomic E-state index is 0.178. The van der Waals surface area contributed by atoms with E-state index in [0.29, 0.717) is 12.0 Å². The van der Waals surface area contributed by atoms with Gasteiger partial charge in [-0.15, -0.1) is 0 Å². The second-order valence-electron chi connectivity index (χ2n) is 5.89. The van der Waals surface area contributed by atoms with Crippen LogP contribution in [0.5, 0.6) is 0 Å². The van der Waals surface area contributed by atoms with Crippen LogP contribution in [0, 0.1) is 11.8 Å². The minimum Gasteiger partial charge on any atom is -0.395 e. The van der Waals surface area contributed by atoms with Gasteiger partial charge in [0.1, 0.15) is 0 Å². The van der Waals surface area contributed by atoms with Gasteiger partial charge >= 0.3 is 0 Å². The molecule has 2 rings (SSSR count). The van der Waals surface area contributed by atoms with E-state index in [9.17, 15) is 5.11 Å². The van der Waals surface area contributed by atoms with Crippen LogP contribution in [0.2, 0.25) is 0 Å². The molecule has 0 bridgehead atoms. The molecular formula is C13H26N2O. The van der Waals surface area contributed by atoms with E-state index >= 15 is 0 Å². The maximum atomic E-state index is 9.61. The molecule has 1 aliphatic carbocycles. The molecule has 1 aliphatic heterocycles. The number of rotatable bonds is 4. The molecule has 0 amide bonds. The Bertz CT molecular complexity index is 230. The zero-order valence-corrected chi connectivity index (χ0v) is 10.6. The Hall–Kier alpha value is -0.120. The van der Waals surface area contributed by atoms with Crippen LogP contribution in [-0.4, -0.2) is 41.3 Å². The van der Waals surface area contributed by atoms with Gasteiger partial charge in [0, 0.05) is 24.7 Å². The first-order chi connectivity index (χ1) is 7.63. The fourth-order valence-corrected chi connectivity index (χ4v) is 3.03. The molecule has 0 aromatic heterocycles. The summed E-state index contributed by atoms with van der Waals surface area (Å²) in [6.45, 7) is 5.89. The molecule has 16 heavy (non-hydrogen) atoms. The number of likely N-dealkylation sites (tertiary alicyclic amines) is 1. The van der Waals surface area contributed by atoms with E-state index in [2.05, 4.69) is 18.7 Å². The quantitative estimate of drug-likeness (QED) is 0.757. The van der Waals surface area contributed by atoms with E-state index in [1.165, 1.54) is 25.7 Å². The van der Waals surface area contributed by atoms with Gasteiger partial charge in [0.05, 0.1) is 6.61 Å². The molecule has 0 spiro atoms. The molecule has 0 radical (unpaired) electrons. The third-order valence-electron chi connectivity index (χ3n) is 4.39. The lowest BCUT2D eigenvalue weighted by molar-refractivity contribution is 0.0287. The number of piperidine rings is 1. The van der Waals surface area contributed by atoms with Gasteiger partial charge in [-0.3, -0.25) is 4.90 Å². The SMILES string of the molecule is CC1CCC(C)N(C(CO)C(N)C2CC2)C1. The van der Waals surface area contributed by atoms with Gasteiger partial charge in [-0.25, -0.2) is 0 Å². The first-order valence-corrected chi connectivity index (χ1v) is 6.75. The fraction of sp³-hybridized carbons (Fsp3) is 1.00. The molecular weight excluding hydrogens is 200 g/mol.